The molecular weight excluding hydrogens is 256 g/mol. The highest BCUT2D eigenvalue weighted by atomic mass is 32.2. The Bertz CT molecular complexity index is 516. The lowest BCUT2D eigenvalue weighted by Gasteiger charge is -2.07. The van der Waals surface area contributed by atoms with E-state index in [0.29, 0.717) is 24.6 Å². The van der Waals surface area contributed by atoms with Gasteiger partial charge in [-0.25, -0.2) is 13.1 Å². The first-order chi connectivity index (χ1) is 8.63. The van der Waals surface area contributed by atoms with Gasteiger partial charge in [0.15, 0.2) is 11.5 Å². The first kappa shape index (κ1) is 13.1. The van der Waals surface area contributed by atoms with Crippen LogP contribution in [0.4, 0.5) is 0 Å². The van der Waals surface area contributed by atoms with Crippen LogP contribution in [0.2, 0.25) is 0 Å². The third kappa shape index (κ3) is 2.92. The number of nitrogens with two attached hydrogens (primary N) is 1. The number of hydrogen-bond donors (Lipinski definition) is 2. The normalized spacial score (nSPS) is 13.8. The van der Waals surface area contributed by atoms with Crippen molar-refractivity contribution >= 4 is 10.0 Å². The second-order valence-electron chi connectivity index (χ2n) is 3.91. The predicted molar refractivity (Wildman–Crippen MR) is 66.0 cm³/mol. The molecule has 1 heterocycles. The van der Waals surface area contributed by atoms with Gasteiger partial charge in [-0.1, -0.05) is 0 Å². The predicted octanol–water partition coefficient (Wildman–Crippen LogP) is 0.433. The molecule has 0 bridgehead atoms. The quantitative estimate of drug-likeness (QED) is 0.733. The fraction of sp³-hybridized carbons (Fsp3) is 0.455. The number of nitrogens with one attached hydrogen (secondary N) is 1. The summed E-state index contributed by atoms with van der Waals surface area (Å²) in [6.45, 7) is 1.07. The van der Waals surface area contributed by atoms with Gasteiger partial charge in [-0.2, -0.15) is 0 Å². The lowest BCUT2D eigenvalue weighted by Crippen LogP contribution is -2.25. The summed E-state index contributed by atoms with van der Waals surface area (Å²) in [7, 11) is -3.49. The van der Waals surface area contributed by atoms with Crippen molar-refractivity contribution in [2.45, 2.75) is 17.7 Å². The maximum atomic E-state index is 12.0. The van der Waals surface area contributed by atoms with Crippen LogP contribution in [0.15, 0.2) is 23.1 Å². The Balaban J connectivity index is 2.05. The summed E-state index contributed by atoms with van der Waals surface area (Å²) in [6.07, 6.45) is 1.52. The maximum absolute atomic E-state index is 12.0. The number of fused-ring (bicyclic) bond motifs is 1. The summed E-state index contributed by atoms with van der Waals surface area (Å²) in [5.41, 5.74) is 5.34. The summed E-state index contributed by atoms with van der Waals surface area (Å²) in [4.78, 5) is 0.180. The van der Waals surface area contributed by atoms with Crippen molar-refractivity contribution in [1.82, 2.24) is 4.72 Å². The van der Waals surface area contributed by atoms with Gasteiger partial charge in [-0.15, -0.1) is 0 Å². The van der Waals surface area contributed by atoms with Gasteiger partial charge in [0.05, 0.1) is 4.90 Å². The fourth-order valence-electron chi connectivity index (χ4n) is 1.60. The molecule has 100 valence electrons. The minimum absolute atomic E-state index is 0.128. The Hall–Kier alpha value is -1.31. The van der Waals surface area contributed by atoms with Gasteiger partial charge in [-0.3, -0.25) is 0 Å². The van der Waals surface area contributed by atoms with E-state index in [1.165, 1.54) is 12.1 Å². The fourth-order valence-corrected chi connectivity index (χ4v) is 2.69. The number of unbranched alkanes of at least 4 members (excludes halogenated alkanes) is 1. The van der Waals surface area contributed by atoms with E-state index in [2.05, 4.69) is 4.72 Å². The smallest absolute Gasteiger partial charge is 0.240 e. The van der Waals surface area contributed by atoms with E-state index in [9.17, 15) is 8.42 Å². The van der Waals surface area contributed by atoms with Crippen molar-refractivity contribution in [3.63, 3.8) is 0 Å². The molecule has 0 amide bonds. The van der Waals surface area contributed by atoms with E-state index in [0.717, 1.165) is 12.8 Å². The van der Waals surface area contributed by atoms with Crippen LogP contribution < -0.4 is 19.9 Å². The van der Waals surface area contributed by atoms with Crippen molar-refractivity contribution in [1.29, 1.82) is 0 Å². The summed E-state index contributed by atoms with van der Waals surface area (Å²) in [5.74, 6) is 1.02. The highest BCUT2D eigenvalue weighted by Gasteiger charge is 2.19. The molecule has 18 heavy (non-hydrogen) atoms. The second-order valence-corrected chi connectivity index (χ2v) is 5.68. The SMILES string of the molecule is NCCCCNS(=O)(=O)c1ccc2c(c1)OCO2. The molecule has 0 atom stereocenters. The summed E-state index contributed by atoms with van der Waals surface area (Å²) in [6, 6.07) is 4.56. The molecule has 1 aliphatic rings. The third-order valence-corrected chi connectivity index (χ3v) is 4.04. The van der Waals surface area contributed by atoms with Crippen LogP contribution in [-0.4, -0.2) is 28.3 Å². The standard InChI is InChI=1S/C11H16N2O4S/c12-5-1-2-6-13-18(14,15)9-3-4-10-11(7-9)17-8-16-10/h3-4,7,13H,1-2,5-6,8,12H2. The van der Waals surface area contributed by atoms with Gasteiger partial charge in [-0.05, 0) is 31.5 Å². The van der Waals surface area contributed by atoms with E-state index in [1.807, 2.05) is 0 Å². The van der Waals surface area contributed by atoms with E-state index >= 15 is 0 Å². The molecule has 0 aromatic heterocycles. The first-order valence-electron chi connectivity index (χ1n) is 5.73. The van der Waals surface area contributed by atoms with Crippen LogP contribution in [0.1, 0.15) is 12.8 Å². The Morgan fingerprint density at radius 3 is 2.78 bits per heavy atom. The van der Waals surface area contributed by atoms with Gasteiger partial charge >= 0.3 is 0 Å². The minimum Gasteiger partial charge on any atom is -0.454 e. The minimum atomic E-state index is -3.49. The zero-order valence-corrected chi connectivity index (χ0v) is 10.7. The highest BCUT2D eigenvalue weighted by molar-refractivity contribution is 7.89. The molecule has 0 spiro atoms. The van der Waals surface area contributed by atoms with Crippen LogP contribution in [-0.2, 0) is 10.0 Å². The van der Waals surface area contributed by atoms with Crippen LogP contribution >= 0.6 is 0 Å². The van der Waals surface area contributed by atoms with Gasteiger partial charge in [0.1, 0.15) is 0 Å². The number of sulfonamides is 1. The molecule has 3 N–H and O–H groups in total. The van der Waals surface area contributed by atoms with Crippen LogP contribution in [0, 0.1) is 0 Å². The molecular formula is C11H16N2O4S. The van der Waals surface area contributed by atoms with E-state index in [1.54, 1.807) is 6.07 Å². The molecule has 0 aliphatic carbocycles. The van der Waals surface area contributed by atoms with Crippen molar-refractivity contribution in [2.24, 2.45) is 5.73 Å². The van der Waals surface area contributed by atoms with E-state index in [-0.39, 0.29) is 11.7 Å². The van der Waals surface area contributed by atoms with Crippen molar-refractivity contribution in [3.05, 3.63) is 18.2 Å². The molecule has 7 heteroatoms. The lowest BCUT2D eigenvalue weighted by molar-refractivity contribution is 0.174. The van der Waals surface area contributed by atoms with Gasteiger partial charge in [0, 0.05) is 12.6 Å². The number of hydrogen-bond acceptors (Lipinski definition) is 5. The Morgan fingerprint density at radius 2 is 2.00 bits per heavy atom. The molecule has 6 nitrogen and oxygen atoms in total. The Labute approximate surface area is 106 Å². The van der Waals surface area contributed by atoms with Crippen molar-refractivity contribution < 1.29 is 17.9 Å². The highest BCUT2D eigenvalue weighted by Crippen LogP contribution is 2.33. The Kier molecular flexibility index (Phi) is 4.05. The average molecular weight is 272 g/mol. The molecule has 1 aliphatic heterocycles. The van der Waals surface area contributed by atoms with Gasteiger partial charge in [0.2, 0.25) is 16.8 Å². The van der Waals surface area contributed by atoms with E-state index in [4.69, 9.17) is 15.2 Å². The average Bonchev–Trinajstić information content (AvgIpc) is 2.82. The van der Waals surface area contributed by atoms with Crippen LogP contribution in [0.3, 0.4) is 0 Å². The van der Waals surface area contributed by atoms with Crippen LogP contribution in [0.25, 0.3) is 0 Å². The lowest BCUT2D eigenvalue weighted by atomic mass is 10.3. The third-order valence-electron chi connectivity index (χ3n) is 2.58. The zero-order chi connectivity index (χ0) is 13.0. The van der Waals surface area contributed by atoms with Crippen molar-refractivity contribution in [3.8, 4) is 11.5 Å². The van der Waals surface area contributed by atoms with Crippen LogP contribution in [0.5, 0.6) is 11.5 Å². The molecule has 1 aromatic rings. The van der Waals surface area contributed by atoms with Gasteiger partial charge < -0.3 is 15.2 Å². The number of ether oxygens (including phenoxy) is 2. The second kappa shape index (κ2) is 5.55. The number of rotatable bonds is 6. The van der Waals surface area contributed by atoms with E-state index < -0.39 is 10.0 Å². The molecule has 0 saturated carbocycles. The molecule has 0 saturated heterocycles. The topological polar surface area (TPSA) is 90.7 Å². The zero-order valence-electron chi connectivity index (χ0n) is 9.89. The molecule has 0 radical (unpaired) electrons. The summed E-state index contributed by atoms with van der Waals surface area (Å²) >= 11 is 0. The van der Waals surface area contributed by atoms with Crippen molar-refractivity contribution in [2.75, 3.05) is 19.9 Å². The molecule has 2 rings (SSSR count). The molecule has 0 unspecified atom stereocenters. The number of benzene rings is 1. The summed E-state index contributed by atoms with van der Waals surface area (Å²) < 4.78 is 36.7. The summed E-state index contributed by atoms with van der Waals surface area (Å²) in [5, 5.41) is 0. The van der Waals surface area contributed by atoms with Gasteiger partial charge in [0.25, 0.3) is 0 Å². The Morgan fingerprint density at radius 1 is 1.22 bits per heavy atom. The molecule has 1 aromatic carbocycles. The first-order valence-corrected chi connectivity index (χ1v) is 7.21. The molecule has 0 fully saturated rings. The maximum Gasteiger partial charge on any atom is 0.240 e. The monoisotopic (exact) mass is 272 g/mol. The largest absolute Gasteiger partial charge is 0.454 e.